The Balaban J connectivity index is 1.47. The third-order valence-electron chi connectivity index (χ3n) is 4.27. The van der Waals surface area contributed by atoms with E-state index in [0.717, 1.165) is 21.8 Å². The molecule has 4 aromatic rings. The Morgan fingerprint density at radius 3 is 2.76 bits per heavy atom. The van der Waals surface area contributed by atoms with Crippen molar-refractivity contribution < 1.29 is 9.18 Å². The number of thioether (sulfide) groups is 1. The van der Waals surface area contributed by atoms with E-state index >= 15 is 0 Å². The molecule has 0 spiro atoms. The molecule has 4 rings (SSSR count). The second-order valence-electron chi connectivity index (χ2n) is 6.50. The minimum atomic E-state index is -0.329. The molecule has 0 aliphatic heterocycles. The van der Waals surface area contributed by atoms with E-state index in [9.17, 15) is 9.18 Å². The molecule has 0 aliphatic carbocycles. The number of carbonyl (C=O) groups excluding carboxylic acids is 1. The van der Waals surface area contributed by atoms with Crippen molar-refractivity contribution in [1.82, 2.24) is 24.9 Å². The first kappa shape index (κ1) is 19.5. The summed E-state index contributed by atoms with van der Waals surface area (Å²) in [5, 5.41) is 9.88. The minimum Gasteiger partial charge on any atom is -0.344 e. The van der Waals surface area contributed by atoms with Crippen LogP contribution in [-0.4, -0.2) is 31.2 Å². The molecule has 0 radical (unpaired) electrons. The van der Waals surface area contributed by atoms with Gasteiger partial charge in [0.25, 0.3) is 5.78 Å². The van der Waals surface area contributed by atoms with Gasteiger partial charge in [0, 0.05) is 16.3 Å². The second-order valence-corrected chi connectivity index (χ2v) is 8.42. The number of aromatic nitrogens is 4. The van der Waals surface area contributed by atoms with Gasteiger partial charge in [-0.15, -0.1) is 16.4 Å². The maximum atomic E-state index is 13.3. The number of thiophene rings is 1. The highest BCUT2D eigenvalue weighted by atomic mass is 32.2. The van der Waals surface area contributed by atoms with Crippen LogP contribution < -0.4 is 5.32 Å². The lowest BCUT2D eigenvalue weighted by molar-refractivity contribution is -0.119. The summed E-state index contributed by atoms with van der Waals surface area (Å²) in [6.07, 6.45) is 0. The number of aryl methyl sites for hydroxylation is 2. The van der Waals surface area contributed by atoms with E-state index in [4.69, 9.17) is 0 Å². The van der Waals surface area contributed by atoms with Crippen molar-refractivity contribution in [2.24, 2.45) is 0 Å². The Bertz CT molecular complexity index is 1140. The molecule has 148 valence electrons. The lowest BCUT2D eigenvalue weighted by atomic mass is 10.1. The third-order valence-corrected chi connectivity index (χ3v) is 6.04. The molecule has 0 bridgehead atoms. The fraction of sp³-hybridized carbons (Fsp3) is 0.200. The van der Waals surface area contributed by atoms with E-state index in [-0.39, 0.29) is 23.5 Å². The molecule has 3 heterocycles. The lowest BCUT2D eigenvalue weighted by Gasteiger charge is -2.18. The molecule has 0 unspecified atom stereocenters. The van der Waals surface area contributed by atoms with E-state index < -0.39 is 0 Å². The van der Waals surface area contributed by atoms with Crippen LogP contribution in [0.4, 0.5) is 4.39 Å². The first-order chi connectivity index (χ1) is 14.0. The third kappa shape index (κ3) is 4.46. The zero-order valence-corrected chi connectivity index (χ0v) is 17.4. The molecule has 1 aromatic carbocycles. The van der Waals surface area contributed by atoms with Gasteiger partial charge in [-0.05, 0) is 49.1 Å². The van der Waals surface area contributed by atoms with E-state index in [1.807, 2.05) is 37.4 Å². The summed E-state index contributed by atoms with van der Waals surface area (Å²) in [5.74, 6) is 0.223. The summed E-state index contributed by atoms with van der Waals surface area (Å²) in [5.41, 5.74) is 2.63. The van der Waals surface area contributed by atoms with Gasteiger partial charge in [0.1, 0.15) is 5.82 Å². The van der Waals surface area contributed by atoms with Gasteiger partial charge in [0.15, 0.2) is 0 Å². The van der Waals surface area contributed by atoms with Crippen molar-refractivity contribution in [3.05, 3.63) is 75.5 Å². The number of carbonyl (C=O) groups is 1. The molecule has 0 saturated carbocycles. The maximum Gasteiger partial charge on any atom is 0.253 e. The Morgan fingerprint density at radius 1 is 1.24 bits per heavy atom. The van der Waals surface area contributed by atoms with Crippen LogP contribution >= 0.6 is 23.1 Å². The highest BCUT2D eigenvalue weighted by molar-refractivity contribution is 7.99. The largest absolute Gasteiger partial charge is 0.344 e. The van der Waals surface area contributed by atoms with Crippen LogP contribution in [0.5, 0.6) is 0 Å². The summed E-state index contributed by atoms with van der Waals surface area (Å²) in [6, 6.07) is 11.6. The van der Waals surface area contributed by atoms with Gasteiger partial charge < -0.3 is 5.32 Å². The smallest absolute Gasteiger partial charge is 0.253 e. The van der Waals surface area contributed by atoms with Crippen LogP contribution in [-0.2, 0) is 4.79 Å². The number of nitrogens with zero attached hydrogens (tertiary/aromatic N) is 4. The Hall–Kier alpha value is -2.78. The summed E-state index contributed by atoms with van der Waals surface area (Å²) >= 11 is 2.79. The van der Waals surface area contributed by atoms with Gasteiger partial charge in [-0.3, -0.25) is 4.79 Å². The number of amides is 1. The number of hydrogen-bond donors (Lipinski definition) is 1. The molecular weight excluding hydrogens is 409 g/mol. The molecule has 1 atom stereocenters. The predicted molar refractivity (Wildman–Crippen MR) is 112 cm³/mol. The number of hydrogen-bond acceptors (Lipinski definition) is 6. The SMILES string of the molecule is Cc1cc(C)n2nc(SCC(=O)N[C@@H](c3ccc(F)cc3)c3cccs3)nc2n1. The number of benzene rings is 1. The van der Waals surface area contributed by atoms with E-state index in [0.29, 0.717) is 10.9 Å². The fourth-order valence-electron chi connectivity index (χ4n) is 2.97. The molecular formula is C20H18FN5OS2. The van der Waals surface area contributed by atoms with Crippen molar-refractivity contribution in [1.29, 1.82) is 0 Å². The highest BCUT2D eigenvalue weighted by Crippen LogP contribution is 2.26. The molecule has 0 saturated heterocycles. The van der Waals surface area contributed by atoms with Crippen LogP contribution in [0.15, 0.2) is 53.0 Å². The molecule has 3 aromatic heterocycles. The molecule has 29 heavy (non-hydrogen) atoms. The number of halogens is 1. The number of fused-ring (bicyclic) bond motifs is 1. The van der Waals surface area contributed by atoms with Crippen molar-refractivity contribution in [2.75, 3.05) is 5.75 Å². The Morgan fingerprint density at radius 2 is 2.03 bits per heavy atom. The van der Waals surface area contributed by atoms with E-state index in [1.165, 1.54) is 23.9 Å². The normalized spacial score (nSPS) is 12.2. The van der Waals surface area contributed by atoms with Gasteiger partial charge >= 0.3 is 0 Å². The van der Waals surface area contributed by atoms with Gasteiger partial charge in [-0.2, -0.15) is 4.98 Å². The minimum absolute atomic E-state index is 0.155. The summed E-state index contributed by atoms with van der Waals surface area (Å²) in [4.78, 5) is 22.3. The fourth-order valence-corrected chi connectivity index (χ4v) is 4.40. The van der Waals surface area contributed by atoms with Gasteiger partial charge in [0.2, 0.25) is 11.1 Å². The quantitative estimate of drug-likeness (QED) is 0.472. The predicted octanol–water partition coefficient (Wildman–Crippen LogP) is 3.94. The lowest BCUT2D eigenvalue weighted by Crippen LogP contribution is -2.30. The van der Waals surface area contributed by atoms with E-state index in [1.54, 1.807) is 28.0 Å². The molecule has 0 aliphatic rings. The monoisotopic (exact) mass is 427 g/mol. The van der Waals surface area contributed by atoms with Crippen molar-refractivity contribution >= 4 is 34.8 Å². The zero-order valence-electron chi connectivity index (χ0n) is 15.8. The summed E-state index contributed by atoms with van der Waals surface area (Å²) in [7, 11) is 0. The molecule has 1 amide bonds. The molecule has 9 heteroatoms. The standard InChI is InChI=1S/C20H18FN5OS2/c1-12-10-13(2)26-19(22-12)24-20(25-26)29-11-17(27)23-18(16-4-3-9-28-16)14-5-7-15(21)8-6-14/h3-10,18H,11H2,1-2H3,(H,23,27)/t18-/m0/s1. The van der Waals surface area contributed by atoms with Crippen molar-refractivity contribution in [2.45, 2.75) is 25.0 Å². The summed E-state index contributed by atoms with van der Waals surface area (Å²) in [6.45, 7) is 3.84. The average molecular weight is 428 g/mol. The first-order valence-electron chi connectivity index (χ1n) is 8.91. The topological polar surface area (TPSA) is 72.2 Å². The summed E-state index contributed by atoms with van der Waals surface area (Å²) < 4.78 is 15.0. The van der Waals surface area contributed by atoms with Crippen LogP contribution in [0.25, 0.3) is 5.78 Å². The highest BCUT2D eigenvalue weighted by Gasteiger charge is 2.19. The van der Waals surface area contributed by atoms with Crippen LogP contribution in [0, 0.1) is 19.7 Å². The Labute approximate surface area is 175 Å². The van der Waals surface area contributed by atoms with Crippen molar-refractivity contribution in [3.8, 4) is 0 Å². The van der Waals surface area contributed by atoms with Crippen LogP contribution in [0.3, 0.4) is 0 Å². The average Bonchev–Trinajstić information content (AvgIpc) is 3.35. The Kier molecular flexibility index (Phi) is 5.59. The second kappa shape index (κ2) is 8.30. The number of nitrogens with one attached hydrogen (secondary N) is 1. The van der Waals surface area contributed by atoms with Gasteiger partial charge in [-0.1, -0.05) is 30.0 Å². The van der Waals surface area contributed by atoms with Crippen LogP contribution in [0.2, 0.25) is 0 Å². The number of rotatable bonds is 6. The van der Waals surface area contributed by atoms with Crippen molar-refractivity contribution in [3.63, 3.8) is 0 Å². The zero-order chi connectivity index (χ0) is 20.4. The van der Waals surface area contributed by atoms with E-state index in [2.05, 4.69) is 20.4 Å². The molecule has 6 nitrogen and oxygen atoms in total. The van der Waals surface area contributed by atoms with Crippen LogP contribution in [0.1, 0.15) is 27.9 Å². The first-order valence-corrected chi connectivity index (χ1v) is 10.8. The maximum absolute atomic E-state index is 13.3. The van der Waals surface area contributed by atoms with Gasteiger partial charge in [-0.25, -0.2) is 13.9 Å². The molecule has 1 N–H and O–H groups in total. The van der Waals surface area contributed by atoms with Gasteiger partial charge in [0.05, 0.1) is 11.8 Å². The molecule has 0 fully saturated rings.